The van der Waals surface area contributed by atoms with Crippen LogP contribution < -0.4 is 5.73 Å². The third-order valence-electron chi connectivity index (χ3n) is 2.74. The van der Waals surface area contributed by atoms with Crippen molar-refractivity contribution in [2.75, 3.05) is 6.54 Å². The lowest BCUT2D eigenvalue weighted by molar-refractivity contribution is -0.165. The number of nitrogens with zero attached hydrogens (tertiary/aromatic N) is 1. The Morgan fingerprint density at radius 2 is 1.57 bits per heavy atom. The highest BCUT2D eigenvalue weighted by atomic mass is 16.4. The number of rotatable bonds is 6. The van der Waals surface area contributed by atoms with Crippen molar-refractivity contribution in [1.29, 1.82) is 5.41 Å². The number of carboxylic acid groups (broad SMARTS) is 2. The molecule has 23 heavy (non-hydrogen) atoms. The summed E-state index contributed by atoms with van der Waals surface area (Å²) >= 11 is 0. The van der Waals surface area contributed by atoms with Gasteiger partial charge in [-0.1, -0.05) is 30.3 Å². The predicted octanol–water partition coefficient (Wildman–Crippen LogP) is -0.721. The molecule has 0 radical (unpaired) electrons. The summed E-state index contributed by atoms with van der Waals surface area (Å²) < 4.78 is 0. The van der Waals surface area contributed by atoms with Gasteiger partial charge in [0.1, 0.15) is 0 Å². The summed E-state index contributed by atoms with van der Waals surface area (Å²) in [5.74, 6) is -3.41. The van der Waals surface area contributed by atoms with Crippen molar-refractivity contribution in [3.8, 4) is 0 Å². The summed E-state index contributed by atoms with van der Waals surface area (Å²) in [5.41, 5.74) is 6.58. The minimum Gasteiger partial charge on any atom is -0.479 e. The second-order valence-electron chi connectivity index (χ2n) is 4.45. The van der Waals surface area contributed by atoms with Gasteiger partial charge in [0.2, 0.25) is 0 Å². The molecule has 128 valence electrons. The first-order valence-corrected chi connectivity index (χ1v) is 6.65. The molecule has 0 aromatic heterocycles. The van der Waals surface area contributed by atoms with Gasteiger partial charge >= 0.3 is 11.9 Å². The molecule has 0 bridgehead atoms. The molecule has 9 nitrogen and oxygen atoms in total. The molecule has 1 aromatic carbocycles. The summed E-state index contributed by atoms with van der Waals surface area (Å²) in [5, 5.41) is 39.8. The summed E-state index contributed by atoms with van der Waals surface area (Å²) in [4.78, 5) is 21.4. The van der Waals surface area contributed by atoms with Crippen molar-refractivity contribution >= 4 is 17.9 Å². The Balaban J connectivity index is 0.000000438. The maximum atomic E-state index is 9.77. The van der Waals surface area contributed by atoms with Crippen LogP contribution in [0.4, 0.5) is 0 Å². The van der Waals surface area contributed by atoms with Gasteiger partial charge in [0.15, 0.2) is 18.2 Å². The van der Waals surface area contributed by atoms with Crippen LogP contribution in [0.2, 0.25) is 0 Å². The highest BCUT2D eigenvalue weighted by Crippen LogP contribution is 2.02. The first kappa shape index (κ1) is 20.3. The van der Waals surface area contributed by atoms with Crippen LogP contribution >= 0.6 is 0 Å². The van der Waals surface area contributed by atoms with Gasteiger partial charge in [-0.2, -0.15) is 0 Å². The third kappa shape index (κ3) is 7.79. The van der Waals surface area contributed by atoms with E-state index in [1.807, 2.05) is 42.2 Å². The number of aliphatic hydroxyl groups excluding tert-OH is 2. The first-order valence-electron chi connectivity index (χ1n) is 6.65. The van der Waals surface area contributed by atoms with Crippen LogP contribution in [0.1, 0.15) is 12.5 Å². The van der Waals surface area contributed by atoms with Crippen LogP contribution in [0.3, 0.4) is 0 Å². The SMILES string of the molecule is CCN(Cc1ccccc1)C(=N)N.O=C(O)C(O)C(O)C(=O)O. The van der Waals surface area contributed by atoms with Gasteiger partial charge in [-0.05, 0) is 12.5 Å². The molecule has 0 amide bonds. The van der Waals surface area contributed by atoms with Crippen molar-refractivity contribution in [3.63, 3.8) is 0 Å². The van der Waals surface area contributed by atoms with Crippen LogP contribution in [0.25, 0.3) is 0 Å². The summed E-state index contributed by atoms with van der Waals surface area (Å²) in [7, 11) is 0. The normalized spacial score (nSPS) is 12.3. The zero-order valence-corrected chi connectivity index (χ0v) is 12.6. The Morgan fingerprint density at radius 1 is 1.13 bits per heavy atom. The number of carboxylic acids is 2. The van der Waals surface area contributed by atoms with E-state index in [0.29, 0.717) is 6.54 Å². The third-order valence-corrected chi connectivity index (χ3v) is 2.74. The van der Waals surface area contributed by atoms with Crippen LogP contribution in [-0.2, 0) is 16.1 Å². The van der Waals surface area contributed by atoms with E-state index in [0.717, 1.165) is 6.54 Å². The lowest BCUT2D eigenvalue weighted by Gasteiger charge is -2.20. The smallest absolute Gasteiger partial charge is 0.335 e. The molecule has 0 aliphatic carbocycles. The molecule has 9 heteroatoms. The van der Waals surface area contributed by atoms with Gasteiger partial charge in [-0.15, -0.1) is 0 Å². The Morgan fingerprint density at radius 3 is 1.87 bits per heavy atom. The number of aliphatic hydroxyl groups is 2. The average Bonchev–Trinajstić information content (AvgIpc) is 2.52. The fraction of sp³-hybridized carbons (Fsp3) is 0.357. The minimum atomic E-state index is -2.27. The van der Waals surface area contributed by atoms with Gasteiger partial charge in [0.05, 0.1) is 0 Å². The van der Waals surface area contributed by atoms with Gasteiger partial charge in [-0.3, -0.25) is 5.41 Å². The van der Waals surface area contributed by atoms with Crippen molar-refractivity contribution in [2.45, 2.75) is 25.7 Å². The topological polar surface area (TPSA) is 168 Å². The molecule has 2 unspecified atom stereocenters. The zero-order valence-electron chi connectivity index (χ0n) is 12.6. The first-order chi connectivity index (χ1) is 10.7. The van der Waals surface area contributed by atoms with E-state index in [9.17, 15) is 9.59 Å². The van der Waals surface area contributed by atoms with E-state index in [2.05, 4.69) is 0 Å². The molecule has 0 aliphatic rings. The number of guanidine groups is 1. The summed E-state index contributed by atoms with van der Waals surface area (Å²) in [6, 6.07) is 10.0. The van der Waals surface area contributed by atoms with E-state index in [-0.39, 0.29) is 5.96 Å². The summed E-state index contributed by atoms with van der Waals surface area (Å²) in [6.07, 6.45) is -4.53. The van der Waals surface area contributed by atoms with E-state index in [1.54, 1.807) is 0 Å². The number of benzene rings is 1. The second kappa shape index (κ2) is 10.1. The van der Waals surface area contributed by atoms with Gasteiger partial charge in [0, 0.05) is 13.1 Å². The van der Waals surface area contributed by atoms with Crippen molar-refractivity contribution in [2.24, 2.45) is 5.73 Å². The zero-order chi connectivity index (χ0) is 18.0. The number of nitrogens with one attached hydrogen (secondary N) is 1. The lowest BCUT2D eigenvalue weighted by Crippen LogP contribution is -2.39. The number of hydrogen-bond donors (Lipinski definition) is 6. The molecule has 0 spiro atoms. The van der Waals surface area contributed by atoms with Crippen molar-refractivity contribution in [1.82, 2.24) is 4.90 Å². The average molecular weight is 327 g/mol. The molecule has 0 saturated heterocycles. The molecule has 1 aromatic rings. The predicted molar refractivity (Wildman–Crippen MR) is 81.7 cm³/mol. The number of nitrogens with two attached hydrogens (primary N) is 1. The largest absolute Gasteiger partial charge is 0.479 e. The Labute approximate surface area is 133 Å². The number of aliphatic carboxylic acids is 2. The Kier molecular flexibility index (Phi) is 8.97. The maximum Gasteiger partial charge on any atom is 0.335 e. The van der Waals surface area contributed by atoms with Crippen molar-refractivity contribution < 1.29 is 30.0 Å². The number of hydrogen-bond acceptors (Lipinski definition) is 5. The number of carbonyl (C=O) groups is 2. The summed E-state index contributed by atoms with van der Waals surface area (Å²) in [6.45, 7) is 3.47. The highest BCUT2D eigenvalue weighted by Gasteiger charge is 2.29. The fourth-order valence-electron chi connectivity index (χ4n) is 1.44. The molecule has 0 saturated carbocycles. The van der Waals surface area contributed by atoms with Gasteiger partial charge < -0.3 is 31.1 Å². The van der Waals surface area contributed by atoms with Gasteiger partial charge in [0.25, 0.3) is 0 Å². The lowest BCUT2D eigenvalue weighted by atomic mass is 10.2. The van der Waals surface area contributed by atoms with E-state index in [4.69, 9.17) is 31.6 Å². The van der Waals surface area contributed by atoms with Gasteiger partial charge in [-0.25, -0.2) is 9.59 Å². The fourth-order valence-corrected chi connectivity index (χ4v) is 1.44. The van der Waals surface area contributed by atoms with Crippen molar-refractivity contribution in [3.05, 3.63) is 35.9 Å². The standard InChI is InChI=1S/C10H15N3.C4H6O6/c1-2-13(10(11)12)8-9-6-4-3-5-7-9;5-1(3(7)8)2(6)4(9)10/h3-7H,2,8H2,1H3,(H3,11,12);1-2,5-6H,(H,7,8)(H,9,10). The Hall–Kier alpha value is -2.65. The highest BCUT2D eigenvalue weighted by molar-refractivity contribution is 5.83. The van der Waals surface area contributed by atoms with E-state index >= 15 is 0 Å². The van der Waals surface area contributed by atoms with E-state index < -0.39 is 24.1 Å². The quantitative estimate of drug-likeness (QED) is 0.294. The molecule has 7 N–H and O–H groups in total. The Bertz CT molecular complexity index is 505. The molecule has 0 aliphatic heterocycles. The molecule has 1 rings (SSSR count). The van der Waals surface area contributed by atoms with Crippen LogP contribution in [-0.4, -0.2) is 62.0 Å². The van der Waals surface area contributed by atoms with Crippen LogP contribution in [0.15, 0.2) is 30.3 Å². The molecule has 0 heterocycles. The van der Waals surface area contributed by atoms with Crippen LogP contribution in [0.5, 0.6) is 0 Å². The molecular weight excluding hydrogens is 306 g/mol. The van der Waals surface area contributed by atoms with E-state index in [1.165, 1.54) is 5.56 Å². The molecular formula is C14H21N3O6. The second-order valence-corrected chi connectivity index (χ2v) is 4.45. The molecule has 0 fully saturated rings. The monoisotopic (exact) mass is 327 g/mol. The minimum absolute atomic E-state index is 0.131. The molecule has 2 atom stereocenters. The van der Waals surface area contributed by atoms with Crippen LogP contribution in [0, 0.1) is 5.41 Å². The maximum absolute atomic E-state index is 9.77.